The van der Waals surface area contributed by atoms with Crippen molar-refractivity contribution in [2.24, 2.45) is 0 Å². The van der Waals surface area contributed by atoms with Crippen molar-refractivity contribution >= 4 is 0 Å². The maximum absolute atomic E-state index is 10.3. The summed E-state index contributed by atoms with van der Waals surface area (Å²) in [5.41, 5.74) is 0. The molecule has 3 nitrogen and oxygen atoms in total. The summed E-state index contributed by atoms with van der Waals surface area (Å²) in [6, 6.07) is 0. The standard InChI is InChI=1S/C24H44O3/c1-2-3-4-5-6-7-8-9-10-11-12-13-15-18-22(25)23-21-26-24(27-23)19-16-14-17-20-24/h15,18,22-23,25H,2-14,16-17,19-21H2,1H3/b18-15+/t22-,23-/m1/s1. The van der Waals surface area contributed by atoms with Gasteiger partial charge in [-0.15, -0.1) is 0 Å². The van der Waals surface area contributed by atoms with E-state index in [0.717, 1.165) is 19.3 Å². The number of ether oxygens (including phenoxy) is 2. The van der Waals surface area contributed by atoms with Gasteiger partial charge in [0.05, 0.1) is 6.61 Å². The van der Waals surface area contributed by atoms with Gasteiger partial charge in [-0.05, 0) is 25.7 Å². The van der Waals surface area contributed by atoms with Crippen molar-refractivity contribution in [1.29, 1.82) is 0 Å². The molecule has 2 rings (SSSR count). The van der Waals surface area contributed by atoms with Crippen LogP contribution >= 0.6 is 0 Å². The molecule has 2 atom stereocenters. The van der Waals surface area contributed by atoms with E-state index in [4.69, 9.17) is 9.47 Å². The van der Waals surface area contributed by atoms with Crippen molar-refractivity contribution in [3.8, 4) is 0 Å². The van der Waals surface area contributed by atoms with E-state index in [9.17, 15) is 5.11 Å². The van der Waals surface area contributed by atoms with E-state index < -0.39 is 6.10 Å². The number of aliphatic hydroxyl groups is 1. The maximum atomic E-state index is 10.3. The van der Waals surface area contributed by atoms with E-state index in [-0.39, 0.29) is 11.9 Å². The molecule has 0 aromatic heterocycles. The fourth-order valence-corrected chi connectivity index (χ4v) is 4.38. The lowest BCUT2D eigenvalue weighted by Crippen LogP contribution is -2.35. The number of hydrogen-bond donors (Lipinski definition) is 1. The number of aliphatic hydroxyl groups excluding tert-OH is 1. The summed E-state index contributed by atoms with van der Waals surface area (Å²) in [6.45, 7) is 2.81. The van der Waals surface area contributed by atoms with Crippen molar-refractivity contribution < 1.29 is 14.6 Å². The predicted octanol–water partition coefficient (Wildman–Crippen LogP) is 6.68. The van der Waals surface area contributed by atoms with Crippen molar-refractivity contribution in [2.75, 3.05) is 6.61 Å². The molecule has 0 aromatic rings. The van der Waals surface area contributed by atoms with Gasteiger partial charge in [-0.25, -0.2) is 0 Å². The second-order valence-corrected chi connectivity index (χ2v) is 8.68. The highest BCUT2D eigenvalue weighted by molar-refractivity contribution is 4.96. The molecular formula is C24H44O3. The van der Waals surface area contributed by atoms with Crippen LogP contribution in [0.4, 0.5) is 0 Å². The van der Waals surface area contributed by atoms with Crippen LogP contribution in [0.15, 0.2) is 12.2 Å². The third kappa shape index (κ3) is 9.11. The zero-order valence-corrected chi connectivity index (χ0v) is 17.8. The van der Waals surface area contributed by atoms with E-state index in [1.54, 1.807) is 0 Å². The zero-order valence-electron chi connectivity index (χ0n) is 17.8. The molecule has 0 unspecified atom stereocenters. The first-order valence-corrected chi connectivity index (χ1v) is 11.9. The molecule has 0 amide bonds. The van der Waals surface area contributed by atoms with Crippen LogP contribution in [0.3, 0.4) is 0 Å². The Morgan fingerprint density at radius 1 is 0.889 bits per heavy atom. The summed E-state index contributed by atoms with van der Waals surface area (Å²) >= 11 is 0. The molecule has 0 aromatic carbocycles. The van der Waals surface area contributed by atoms with Crippen LogP contribution < -0.4 is 0 Å². The minimum absolute atomic E-state index is 0.184. The molecule has 1 aliphatic heterocycles. The Morgan fingerprint density at radius 2 is 1.48 bits per heavy atom. The van der Waals surface area contributed by atoms with Gasteiger partial charge < -0.3 is 14.6 Å². The number of unbranched alkanes of at least 4 members (excludes halogenated alkanes) is 11. The van der Waals surface area contributed by atoms with E-state index >= 15 is 0 Å². The van der Waals surface area contributed by atoms with Gasteiger partial charge in [0.15, 0.2) is 5.79 Å². The minimum atomic E-state index is -0.529. The van der Waals surface area contributed by atoms with Gasteiger partial charge in [0.1, 0.15) is 12.2 Å². The Balaban J connectivity index is 1.42. The molecule has 1 aliphatic carbocycles. The molecule has 0 bridgehead atoms. The molecule has 1 heterocycles. The van der Waals surface area contributed by atoms with E-state index in [0.29, 0.717) is 6.61 Å². The van der Waals surface area contributed by atoms with Crippen molar-refractivity contribution in [2.45, 2.75) is 134 Å². The molecule has 2 aliphatic rings. The number of hydrogen-bond acceptors (Lipinski definition) is 3. The highest BCUT2D eigenvalue weighted by atomic mass is 16.7. The summed E-state index contributed by atoms with van der Waals surface area (Å²) in [6.07, 6.45) is 25.1. The third-order valence-electron chi connectivity index (χ3n) is 6.18. The average Bonchev–Trinajstić information content (AvgIpc) is 3.09. The van der Waals surface area contributed by atoms with Crippen molar-refractivity contribution in [3.63, 3.8) is 0 Å². The SMILES string of the molecule is CCCCCCCCCCCCC/C=C/[C@@H](O)[C@H]1COC2(CCCCC2)O1. The van der Waals surface area contributed by atoms with Gasteiger partial charge in [-0.2, -0.15) is 0 Å². The van der Waals surface area contributed by atoms with Gasteiger partial charge in [0, 0.05) is 12.8 Å². The largest absolute Gasteiger partial charge is 0.386 e. The number of allylic oxidation sites excluding steroid dienone is 1. The highest BCUT2D eigenvalue weighted by Crippen LogP contribution is 2.38. The fraction of sp³-hybridized carbons (Fsp3) is 0.917. The molecule has 1 N–H and O–H groups in total. The Bertz CT molecular complexity index is 387. The summed E-state index contributed by atoms with van der Waals surface area (Å²) in [5.74, 6) is -0.381. The molecule has 1 saturated heterocycles. The van der Waals surface area contributed by atoms with Crippen molar-refractivity contribution in [1.82, 2.24) is 0 Å². The Hall–Kier alpha value is -0.380. The smallest absolute Gasteiger partial charge is 0.169 e. The Kier molecular flexibility index (Phi) is 11.7. The van der Waals surface area contributed by atoms with Gasteiger partial charge in [0.2, 0.25) is 0 Å². The lowest BCUT2D eigenvalue weighted by molar-refractivity contribution is -0.193. The van der Waals surface area contributed by atoms with Gasteiger partial charge >= 0.3 is 0 Å². The molecule has 2 fully saturated rings. The predicted molar refractivity (Wildman–Crippen MR) is 113 cm³/mol. The third-order valence-corrected chi connectivity index (χ3v) is 6.18. The highest BCUT2D eigenvalue weighted by Gasteiger charge is 2.43. The first-order chi connectivity index (χ1) is 13.3. The lowest BCUT2D eigenvalue weighted by atomic mass is 9.94. The van der Waals surface area contributed by atoms with Crippen LogP contribution in [0.2, 0.25) is 0 Å². The second-order valence-electron chi connectivity index (χ2n) is 8.68. The molecular weight excluding hydrogens is 336 g/mol. The van der Waals surface area contributed by atoms with Crippen LogP contribution in [0.1, 0.15) is 116 Å². The van der Waals surface area contributed by atoms with E-state index in [1.165, 1.54) is 89.9 Å². The van der Waals surface area contributed by atoms with Gasteiger partial charge in [-0.1, -0.05) is 89.7 Å². The second kappa shape index (κ2) is 13.7. The maximum Gasteiger partial charge on any atom is 0.169 e. The Labute approximate surface area is 167 Å². The molecule has 3 heteroatoms. The molecule has 1 spiro atoms. The van der Waals surface area contributed by atoms with Crippen LogP contribution in [-0.4, -0.2) is 29.7 Å². The quantitative estimate of drug-likeness (QED) is 0.270. The van der Waals surface area contributed by atoms with Crippen LogP contribution in [0, 0.1) is 0 Å². The Morgan fingerprint density at radius 3 is 2.11 bits per heavy atom. The topological polar surface area (TPSA) is 38.7 Å². The molecule has 27 heavy (non-hydrogen) atoms. The zero-order chi connectivity index (χ0) is 19.2. The monoisotopic (exact) mass is 380 g/mol. The normalized spacial score (nSPS) is 23.4. The lowest BCUT2D eigenvalue weighted by Gasteiger charge is -2.32. The molecule has 0 radical (unpaired) electrons. The molecule has 1 saturated carbocycles. The van der Waals surface area contributed by atoms with Crippen LogP contribution in [-0.2, 0) is 9.47 Å². The van der Waals surface area contributed by atoms with Gasteiger partial charge in [0.25, 0.3) is 0 Å². The molecule has 158 valence electrons. The summed E-state index contributed by atoms with van der Waals surface area (Å²) in [4.78, 5) is 0. The average molecular weight is 381 g/mol. The summed E-state index contributed by atoms with van der Waals surface area (Å²) < 4.78 is 12.0. The van der Waals surface area contributed by atoms with E-state index in [2.05, 4.69) is 13.0 Å². The minimum Gasteiger partial charge on any atom is -0.386 e. The summed E-state index contributed by atoms with van der Waals surface area (Å²) in [5, 5.41) is 10.3. The number of rotatable bonds is 14. The van der Waals surface area contributed by atoms with Crippen molar-refractivity contribution in [3.05, 3.63) is 12.2 Å². The van der Waals surface area contributed by atoms with Crippen LogP contribution in [0.5, 0.6) is 0 Å². The van der Waals surface area contributed by atoms with Gasteiger partial charge in [-0.3, -0.25) is 0 Å². The summed E-state index contributed by atoms with van der Waals surface area (Å²) in [7, 11) is 0. The van der Waals surface area contributed by atoms with E-state index in [1.807, 2.05) is 6.08 Å². The fourth-order valence-electron chi connectivity index (χ4n) is 4.38. The van der Waals surface area contributed by atoms with Crippen LogP contribution in [0.25, 0.3) is 0 Å². The first kappa shape index (κ1) is 22.9. The first-order valence-electron chi connectivity index (χ1n) is 11.9.